The summed E-state index contributed by atoms with van der Waals surface area (Å²) < 4.78 is 31.0. The molecular formula is C10H19N3O3S. The molecule has 0 aliphatic rings. The molecule has 2 N–H and O–H groups in total. The minimum Gasteiger partial charge on any atom is -0.381 e. The van der Waals surface area contributed by atoms with Crippen LogP contribution in [-0.4, -0.2) is 38.4 Å². The fourth-order valence-electron chi connectivity index (χ4n) is 1.20. The molecule has 0 fully saturated rings. The minimum atomic E-state index is -3.44. The van der Waals surface area contributed by atoms with Gasteiger partial charge in [0.2, 0.25) is 0 Å². The zero-order chi connectivity index (χ0) is 12.6. The molecule has 0 saturated carbocycles. The molecule has 0 bridgehead atoms. The van der Waals surface area contributed by atoms with Crippen LogP contribution in [0.4, 0.5) is 0 Å². The molecule has 1 rings (SSSR count). The Balaban J connectivity index is 2.14. The quantitative estimate of drug-likeness (QED) is 0.647. The molecule has 0 spiro atoms. The highest BCUT2D eigenvalue weighted by atomic mass is 32.2. The first-order valence-corrected chi connectivity index (χ1v) is 7.22. The number of hydrogen-bond acceptors (Lipinski definition) is 4. The Hall–Kier alpha value is -0.920. The number of nitrogens with zero attached hydrogens (tertiary/aromatic N) is 1. The average Bonchev–Trinajstić information content (AvgIpc) is 2.82. The van der Waals surface area contributed by atoms with Crippen molar-refractivity contribution >= 4 is 10.0 Å². The zero-order valence-electron chi connectivity index (χ0n) is 9.98. The zero-order valence-corrected chi connectivity index (χ0v) is 10.8. The van der Waals surface area contributed by atoms with E-state index in [9.17, 15) is 8.42 Å². The lowest BCUT2D eigenvalue weighted by Gasteiger charge is -2.05. The van der Waals surface area contributed by atoms with Gasteiger partial charge in [-0.25, -0.2) is 13.1 Å². The summed E-state index contributed by atoms with van der Waals surface area (Å²) in [6, 6.07) is 1.42. The predicted octanol–water partition coefficient (Wildman–Crippen LogP) is 0.895. The van der Waals surface area contributed by atoms with Crippen molar-refractivity contribution in [2.24, 2.45) is 0 Å². The van der Waals surface area contributed by atoms with Crippen molar-refractivity contribution < 1.29 is 13.2 Å². The summed E-state index contributed by atoms with van der Waals surface area (Å²) >= 11 is 0. The monoisotopic (exact) mass is 261 g/mol. The molecule has 1 heterocycles. The van der Waals surface area contributed by atoms with Crippen LogP contribution >= 0.6 is 0 Å². The Morgan fingerprint density at radius 2 is 2.18 bits per heavy atom. The second kappa shape index (κ2) is 7.41. The highest BCUT2D eigenvalue weighted by molar-refractivity contribution is 7.89. The Kier molecular flexibility index (Phi) is 6.17. The smallest absolute Gasteiger partial charge is 0.257 e. The normalized spacial score (nSPS) is 11.8. The Bertz CT molecular complexity index is 389. The van der Waals surface area contributed by atoms with E-state index >= 15 is 0 Å². The van der Waals surface area contributed by atoms with Gasteiger partial charge in [-0.3, -0.25) is 5.10 Å². The molecule has 0 unspecified atom stereocenters. The standard InChI is InChI=1S/C10H19N3O3S/c1-2-3-8-16-9-4-6-12-17(14,15)10-5-7-11-13-10/h5,7,12H,2-4,6,8-9H2,1H3,(H,11,13). The first-order chi connectivity index (χ1) is 8.17. The molecule has 0 radical (unpaired) electrons. The van der Waals surface area contributed by atoms with E-state index in [0.29, 0.717) is 19.6 Å². The number of nitrogens with one attached hydrogen (secondary N) is 2. The number of H-pyrrole nitrogens is 1. The number of hydrogen-bond donors (Lipinski definition) is 2. The van der Waals surface area contributed by atoms with Crippen molar-refractivity contribution in [2.45, 2.75) is 31.2 Å². The molecule has 0 aromatic carbocycles. The number of sulfonamides is 1. The van der Waals surface area contributed by atoms with Crippen LogP contribution in [0.5, 0.6) is 0 Å². The van der Waals surface area contributed by atoms with E-state index in [2.05, 4.69) is 21.8 Å². The molecule has 1 aromatic rings. The van der Waals surface area contributed by atoms with Crippen LogP contribution in [0.3, 0.4) is 0 Å². The molecular weight excluding hydrogens is 242 g/mol. The maximum atomic E-state index is 11.6. The largest absolute Gasteiger partial charge is 0.381 e. The van der Waals surface area contributed by atoms with Crippen molar-refractivity contribution in [1.82, 2.24) is 14.9 Å². The minimum absolute atomic E-state index is 0.0874. The van der Waals surface area contributed by atoms with E-state index in [1.54, 1.807) is 0 Å². The number of ether oxygens (including phenoxy) is 1. The first-order valence-electron chi connectivity index (χ1n) is 5.73. The third-order valence-electron chi connectivity index (χ3n) is 2.16. The molecule has 0 aliphatic carbocycles. The van der Waals surface area contributed by atoms with Crippen LogP contribution in [0.25, 0.3) is 0 Å². The van der Waals surface area contributed by atoms with Gasteiger partial charge in [0.25, 0.3) is 10.0 Å². The van der Waals surface area contributed by atoms with Gasteiger partial charge in [-0.05, 0) is 18.9 Å². The van der Waals surface area contributed by atoms with Gasteiger partial charge >= 0.3 is 0 Å². The highest BCUT2D eigenvalue weighted by Gasteiger charge is 2.13. The summed E-state index contributed by atoms with van der Waals surface area (Å²) in [5.74, 6) is 0. The lowest BCUT2D eigenvalue weighted by molar-refractivity contribution is 0.130. The summed E-state index contributed by atoms with van der Waals surface area (Å²) in [6.45, 7) is 3.78. The van der Waals surface area contributed by atoms with Gasteiger partial charge in [0.1, 0.15) is 0 Å². The maximum absolute atomic E-state index is 11.6. The summed E-state index contributed by atoms with van der Waals surface area (Å²) in [4.78, 5) is 0. The third-order valence-corrected chi connectivity index (χ3v) is 3.56. The van der Waals surface area contributed by atoms with Gasteiger partial charge in [-0.15, -0.1) is 0 Å². The molecule has 0 saturated heterocycles. The van der Waals surface area contributed by atoms with Gasteiger partial charge < -0.3 is 4.74 Å². The lowest BCUT2D eigenvalue weighted by atomic mass is 10.4. The molecule has 98 valence electrons. The second-order valence-electron chi connectivity index (χ2n) is 3.64. The number of aromatic nitrogens is 2. The molecule has 0 atom stereocenters. The van der Waals surface area contributed by atoms with Gasteiger partial charge in [0.05, 0.1) is 6.20 Å². The third kappa shape index (κ3) is 5.29. The predicted molar refractivity (Wildman–Crippen MR) is 64.1 cm³/mol. The fourth-order valence-corrected chi connectivity index (χ4v) is 2.18. The van der Waals surface area contributed by atoms with Crippen molar-refractivity contribution in [3.05, 3.63) is 12.3 Å². The highest BCUT2D eigenvalue weighted by Crippen LogP contribution is 2.01. The van der Waals surface area contributed by atoms with Gasteiger partial charge in [-0.1, -0.05) is 13.3 Å². The summed E-state index contributed by atoms with van der Waals surface area (Å²) in [6.07, 6.45) is 4.21. The molecule has 0 aliphatic heterocycles. The van der Waals surface area contributed by atoms with E-state index in [1.807, 2.05) is 0 Å². The van der Waals surface area contributed by atoms with Crippen molar-refractivity contribution in [1.29, 1.82) is 0 Å². The van der Waals surface area contributed by atoms with Crippen molar-refractivity contribution in [3.8, 4) is 0 Å². The van der Waals surface area contributed by atoms with E-state index in [-0.39, 0.29) is 5.03 Å². The Morgan fingerprint density at radius 3 is 2.82 bits per heavy atom. The fraction of sp³-hybridized carbons (Fsp3) is 0.700. The number of rotatable bonds is 9. The second-order valence-corrected chi connectivity index (χ2v) is 5.37. The van der Waals surface area contributed by atoms with Crippen molar-refractivity contribution in [2.75, 3.05) is 19.8 Å². The molecule has 17 heavy (non-hydrogen) atoms. The van der Waals surface area contributed by atoms with Gasteiger partial charge in [-0.2, -0.15) is 5.10 Å². The molecule has 6 nitrogen and oxygen atoms in total. The Labute approximate surface area is 102 Å². The van der Waals surface area contributed by atoms with Crippen LogP contribution in [0.1, 0.15) is 26.2 Å². The summed E-state index contributed by atoms with van der Waals surface area (Å²) in [5, 5.41) is 6.10. The van der Waals surface area contributed by atoms with E-state index < -0.39 is 10.0 Å². The van der Waals surface area contributed by atoms with Gasteiger partial charge in [0.15, 0.2) is 5.03 Å². The average molecular weight is 261 g/mol. The summed E-state index contributed by atoms with van der Waals surface area (Å²) in [7, 11) is -3.44. The lowest BCUT2D eigenvalue weighted by Crippen LogP contribution is -2.26. The SMILES string of the molecule is CCCCOCCCNS(=O)(=O)c1ccn[nH]1. The topological polar surface area (TPSA) is 84.1 Å². The molecule has 1 aromatic heterocycles. The van der Waals surface area contributed by atoms with Crippen molar-refractivity contribution in [3.63, 3.8) is 0 Å². The first kappa shape index (κ1) is 14.1. The van der Waals surface area contributed by atoms with Crippen LogP contribution in [0.2, 0.25) is 0 Å². The molecule has 7 heteroatoms. The van der Waals surface area contributed by atoms with E-state index in [0.717, 1.165) is 19.4 Å². The van der Waals surface area contributed by atoms with E-state index in [4.69, 9.17) is 4.74 Å². The summed E-state index contributed by atoms with van der Waals surface area (Å²) in [5.41, 5.74) is 0. The van der Waals surface area contributed by atoms with Crippen LogP contribution in [0, 0.1) is 0 Å². The van der Waals surface area contributed by atoms with Crippen LogP contribution in [0.15, 0.2) is 17.3 Å². The Morgan fingerprint density at radius 1 is 1.41 bits per heavy atom. The number of aromatic amines is 1. The molecule has 0 amide bonds. The number of unbranched alkanes of at least 4 members (excludes halogenated alkanes) is 1. The maximum Gasteiger partial charge on any atom is 0.257 e. The van der Waals surface area contributed by atoms with Gasteiger partial charge in [0, 0.05) is 19.8 Å². The van der Waals surface area contributed by atoms with Crippen LogP contribution in [-0.2, 0) is 14.8 Å². The van der Waals surface area contributed by atoms with E-state index in [1.165, 1.54) is 12.3 Å². The van der Waals surface area contributed by atoms with Crippen LogP contribution < -0.4 is 4.72 Å².